The molecule has 0 aliphatic heterocycles. The van der Waals surface area contributed by atoms with Crippen molar-refractivity contribution in [1.82, 2.24) is 14.8 Å². The minimum atomic E-state index is -0.282. The molecule has 0 unspecified atom stereocenters. The highest BCUT2D eigenvalue weighted by molar-refractivity contribution is 7.12. The number of benzene rings is 1. The van der Waals surface area contributed by atoms with Crippen molar-refractivity contribution in [3.63, 3.8) is 0 Å². The fourth-order valence-electron chi connectivity index (χ4n) is 2.52. The Morgan fingerprint density at radius 2 is 1.96 bits per heavy atom. The average molecular weight is 372 g/mol. The molecule has 7 heteroatoms. The molecule has 0 bridgehead atoms. The first kappa shape index (κ1) is 18.3. The van der Waals surface area contributed by atoms with Gasteiger partial charge in [0, 0.05) is 23.4 Å². The molecule has 0 saturated heterocycles. The Hall–Kier alpha value is -2.54. The molecule has 0 aliphatic carbocycles. The highest BCUT2D eigenvalue weighted by Gasteiger charge is 2.19. The number of aryl methyl sites for hydroxylation is 1. The summed E-state index contributed by atoms with van der Waals surface area (Å²) in [5, 5.41) is 9.89. The summed E-state index contributed by atoms with van der Waals surface area (Å²) in [6.45, 7) is 7.92. The molecule has 5 nitrogen and oxygen atoms in total. The van der Waals surface area contributed by atoms with E-state index in [0.29, 0.717) is 17.4 Å². The quantitative estimate of drug-likeness (QED) is 0.714. The van der Waals surface area contributed by atoms with E-state index in [1.165, 1.54) is 23.5 Å². The molecular weight excluding hydrogens is 351 g/mol. The van der Waals surface area contributed by atoms with Gasteiger partial charge in [-0.2, -0.15) is 9.78 Å². The van der Waals surface area contributed by atoms with Crippen molar-refractivity contribution in [3.8, 4) is 16.4 Å². The third kappa shape index (κ3) is 4.35. The lowest BCUT2D eigenvalue weighted by Gasteiger charge is -2.17. The van der Waals surface area contributed by atoms with Crippen LogP contribution in [0, 0.1) is 18.2 Å². The third-order valence-corrected chi connectivity index (χ3v) is 4.42. The summed E-state index contributed by atoms with van der Waals surface area (Å²) < 4.78 is 14.7. The van der Waals surface area contributed by atoms with Crippen LogP contribution in [0.4, 0.5) is 10.2 Å². The monoisotopic (exact) mass is 372 g/mol. The Morgan fingerprint density at radius 3 is 2.62 bits per heavy atom. The number of nitrogens with zero attached hydrogens (tertiary/aromatic N) is 3. The normalized spacial score (nSPS) is 11.6. The van der Waals surface area contributed by atoms with Crippen LogP contribution in [0.15, 0.2) is 35.7 Å². The van der Waals surface area contributed by atoms with Gasteiger partial charge in [0.05, 0.1) is 11.4 Å². The SMILES string of the molecule is Cc1cc(NC(=O)CC(C)(C)C)n(-c2nc(-c3ccc(F)cc3)cs2)n1. The number of carbonyl (C=O) groups excluding carboxylic acids is 1. The average Bonchev–Trinajstić information content (AvgIpc) is 3.13. The molecule has 3 aromatic rings. The molecule has 0 atom stereocenters. The van der Waals surface area contributed by atoms with Crippen LogP contribution in [0.5, 0.6) is 0 Å². The van der Waals surface area contributed by atoms with E-state index in [1.807, 2.05) is 39.1 Å². The van der Waals surface area contributed by atoms with Crippen LogP contribution in [-0.2, 0) is 4.79 Å². The summed E-state index contributed by atoms with van der Waals surface area (Å²) >= 11 is 1.41. The standard InChI is InChI=1S/C19H21FN4OS/c1-12-9-16(22-17(25)10-19(2,3)4)24(23-12)18-21-15(11-26-18)13-5-7-14(20)8-6-13/h5-9,11H,10H2,1-4H3,(H,22,25). The summed E-state index contributed by atoms with van der Waals surface area (Å²) in [5.41, 5.74) is 2.26. The fraction of sp³-hybridized carbons (Fsp3) is 0.316. The second-order valence-electron chi connectivity index (χ2n) is 7.39. The van der Waals surface area contributed by atoms with Crippen LogP contribution in [-0.4, -0.2) is 20.7 Å². The van der Waals surface area contributed by atoms with Crippen molar-refractivity contribution in [2.24, 2.45) is 5.41 Å². The summed E-state index contributed by atoms with van der Waals surface area (Å²) in [4.78, 5) is 16.9. The predicted molar refractivity (Wildman–Crippen MR) is 102 cm³/mol. The third-order valence-electron chi connectivity index (χ3n) is 3.60. The summed E-state index contributed by atoms with van der Waals surface area (Å²) in [6, 6.07) is 8.01. The van der Waals surface area contributed by atoms with Gasteiger partial charge in [-0.1, -0.05) is 20.8 Å². The lowest BCUT2D eigenvalue weighted by atomic mass is 9.92. The number of carbonyl (C=O) groups is 1. The van der Waals surface area contributed by atoms with Gasteiger partial charge in [-0.15, -0.1) is 11.3 Å². The molecule has 26 heavy (non-hydrogen) atoms. The number of aromatic nitrogens is 3. The van der Waals surface area contributed by atoms with Crippen LogP contribution in [0.1, 0.15) is 32.9 Å². The van der Waals surface area contributed by atoms with Crippen LogP contribution < -0.4 is 5.32 Å². The summed E-state index contributed by atoms with van der Waals surface area (Å²) in [7, 11) is 0. The number of nitrogens with one attached hydrogen (secondary N) is 1. The smallest absolute Gasteiger partial charge is 0.226 e. The molecule has 0 saturated carbocycles. The van der Waals surface area contributed by atoms with E-state index < -0.39 is 0 Å². The minimum absolute atomic E-state index is 0.0611. The van der Waals surface area contributed by atoms with Gasteiger partial charge in [-0.3, -0.25) is 4.79 Å². The van der Waals surface area contributed by atoms with Crippen LogP contribution >= 0.6 is 11.3 Å². The zero-order valence-electron chi connectivity index (χ0n) is 15.2. The Balaban J connectivity index is 1.86. The van der Waals surface area contributed by atoms with Crippen molar-refractivity contribution >= 4 is 23.1 Å². The lowest BCUT2D eigenvalue weighted by Crippen LogP contribution is -2.21. The predicted octanol–water partition coefficient (Wildman–Crippen LogP) is 4.82. The molecule has 1 N–H and O–H groups in total. The van der Waals surface area contributed by atoms with Gasteiger partial charge in [0.15, 0.2) is 0 Å². The summed E-state index contributed by atoms with van der Waals surface area (Å²) in [5.74, 6) is 0.251. The maximum absolute atomic E-state index is 13.1. The number of hydrogen-bond acceptors (Lipinski definition) is 4. The fourth-order valence-corrected chi connectivity index (χ4v) is 3.31. The number of thiazole rings is 1. The maximum Gasteiger partial charge on any atom is 0.226 e. The Kier molecular flexibility index (Phi) is 4.91. The Labute approximate surface area is 155 Å². The van der Waals surface area contributed by atoms with Crippen LogP contribution in [0.25, 0.3) is 16.4 Å². The zero-order valence-corrected chi connectivity index (χ0v) is 16.0. The molecule has 0 fully saturated rings. The van der Waals surface area contributed by atoms with E-state index in [9.17, 15) is 9.18 Å². The second kappa shape index (κ2) is 6.99. The van der Waals surface area contributed by atoms with E-state index in [4.69, 9.17) is 0 Å². The molecule has 1 aromatic carbocycles. The van der Waals surface area contributed by atoms with Gasteiger partial charge in [-0.25, -0.2) is 9.37 Å². The van der Waals surface area contributed by atoms with Crippen molar-refractivity contribution < 1.29 is 9.18 Å². The minimum Gasteiger partial charge on any atom is -0.310 e. The van der Waals surface area contributed by atoms with Gasteiger partial charge < -0.3 is 5.32 Å². The lowest BCUT2D eigenvalue weighted by molar-refractivity contribution is -0.117. The first-order valence-corrected chi connectivity index (χ1v) is 9.18. The van der Waals surface area contributed by atoms with E-state index in [1.54, 1.807) is 16.8 Å². The zero-order chi connectivity index (χ0) is 18.9. The molecule has 0 spiro atoms. The topological polar surface area (TPSA) is 59.8 Å². The van der Waals surface area contributed by atoms with Crippen molar-refractivity contribution in [2.75, 3.05) is 5.32 Å². The maximum atomic E-state index is 13.1. The van der Waals surface area contributed by atoms with Crippen molar-refractivity contribution in [1.29, 1.82) is 0 Å². The first-order chi connectivity index (χ1) is 12.2. The van der Waals surface area contributed by atoms with Crippen LogP contribution in [0.3, 0.4) is 0 Å². The largest absolute Gasteiger partial charge is 0.310 e. The first-order valence-electron chi connectivity index (χ1n) is 8.30. The highest BCUT2D eigenvalue weighted by atomic mass is 32.1. The van der Waals surface area contributed by atoms with Crippen molar-refractivity contribution in [3.05, 3.63) is 47.2 Å². The van der Waals surface area contributed by atoms with Crippen molar-refractivity contribution in [2.45, 2.75) is 34.1 Å². The van der Waals surface area contributed by atoms with Gasteiger partial charge in [0.2, 0.25) is 11.0 Å². The number of anilines is 1. The molecule has 1 amide bonds. The number of halogens is 1. The molecule has 136 valence electrons. The van der Waals surface area contributed by atoms with E-state index in [2.05, 4.69) is 15.4 Å². The second-order valence-corrected chi connectivity index (χ2v) is 8.23. The molecule has 2 heterocycles. The van der Waals surface area contributed by atoms with Crippen LogP contribution in [0.2, 0.25) is 0 Å². The molecule has 2 aromatic heterocycles. The molecule has 3 rings (SSSR count). The number of rotatable bonds is 4. The van der Waals surface area contributed by atoms with E-state index in [-0.39, 0.29) is 17.1 Å². The Bertz CT molecular complexity index is 922. The Morgan fingerprint density at radius 1 is 1.27 bits per heavy atom. The van der Waals surface area contributed by atoms with E-state index in [0.717, 1.165) is 17.0 Å². The highest BCUT2D eigenvalue weighted by Crippen LogP contribution is 2.27. The number of hydrogen-bond donors (Lipinski definition) is 1. The molecule has 0 radical (unpaired) electrons. The van der Waals surface area contributed by atoms with E-state index >= 15 is 0 Å². The van der Waals surface area contributed by atoms with Gasteiger partial charge in [-0.05, 0) is 36.6 Å². The summed E-state index contributed by atoms with van der Waals surface area (Å²) in [6.07, 6.45) is 0.413. The van der Waals surface area contributed by atoms with Gasteiger partial charge in [0.25, 0.3) is 0 Å². The number of amides is 1. The van der Waals surface area contributed by atoms with Gasteiger partial charge in [0.1, 0.15) is 11.6 Å². The molecular formula is C19H21FN4OS. The van der Waals surface area contributed by atoms with Gasteiger partial charge >= 0.3 is 0 Å². The molecule has 0 aliphatic rings.